The predicted octanol–water partition coefficient (Wildman–Crippen LogP) is 2.32. The van der Waals surface area contributed by atoms with Crippen LogP contribution in [0.15, 0.2) is 24.5 Å². The van der Waals surface area contributed by atoms with Crippen LogP contribution in [0, 0.1) is 6.07 Å². The molecule has 0 fully saturated rings. The van der Waals surface area contributed by atoms with Gasteiger partial charge in [-0.3, -0.25) is 4.68 Å². The summed E-state index contributed by atoms with van der Waals surface area (Å²) >= 11 is 0. The summed E-state index contributed by atoms with van der Waals surface area (Å²) in [6, 6.07) is 6.86. The standard InChI is InChI=1S/C13H16N3O.Y/c1-10(2)11-4-5-13(14-8-11)17-9-12-6-7-16(3)15-12;/h5-8,10H,9H2,1-3H3;/q-1;. The van der Waals surface area contributed by atoms with Crippen LogP contribution < -0.4 is 4.74 Å². The normalized spacial score (nSPS) is 10.2. The van der Waals surface area contributed by atoms with Crippen molar-refractivity contribution in [1.82, 2.24) is 14.8 Å². The molecule has 0 saturated carbocycles. The molecule has 0 aromatic carbocycles. The smallest absolute Gasteiger partial charge is 0.117 e. The number of rotatable bonds is 4. The Bertz CT molecular complexity index is 479. The summed E-state index contributed by atoms with van der Waals surface area (Å²) in [6.07, 6.45) is 3.69. The van der Waals surface area contributed by atoms with Crippen LogP contribution in [0.5, 0.6) is 5.88 Å². The Morgan fingerprint density at radius 3 is 2.72 bits per heavy atom. The Kier molecular flexibility index (Phi) is 5.96. The predicted molar refractivity (Wildman–Crippen MR) is 64.7 cm³/mol. The van der Waals surface area contributed by atoms with Crippen LogP contribution in [0.3, 0.4) is 0 Å². The summed E-state index contributed by atoms with van der Waals surface area (Å²) in [6.45, 7) is 4.66. The fourth-order valence-corrected chi connectivity index (χ4v) is 1.44. The van der Waals surface area contributed by atoms with E-state index in [1.807, 2.05) is 19.3 Å². The van der Waals surface area contributed by atoms with E-state index in [0.717, 1.165) is 11.3 Å². The molecule has 0 saturated heterocycles. The van der Waals surface area contributed by atoms with E-state index in [2.05, 4.69) is 30.0 Å². The minimum atomic E-state index is 0. The molecule has 0 aliphatic rings. The van der Waals surface area contributed by atoms with Gasteiger partial charge in [0.2, 0.25) is 0 Å². The zero-order valence-electron chi connectivity index (χ0n) is 10.9. The Balaban J connectivity index is 0.00000162. The maximum absolute atomic E-state index is 5.52. The van der Waals surface area contributed by atoms with Crippen molar-refractivity contribution in [2.75, 3.05) is 0 Å². The molecule has 2 aromatic heterocycles. The number of aromatic nitrogens is 3. The van der Waals surface area contributed by atoms with E-state index in [0.29, 0.717) is 18.4 Å². The van der Waals surface area contributed by atoms with Crippen molar-refractivity contribution in [3.8, 4) is 5.88 Å². The van der Waals surface area contributed by atoms with Crippen molar-refractivity contribution >= 4 is 0 Å². The minimum Gasteiger partial charge on any atom is -0.528 e. The third-order valence-electron chi connectivity index (χ3n) is 2.45. The van der Waals surface area contributed by atoms with E-state index >= 15 is 0 Å². The molecule has 2 aromatic rings. The van der Waals surface area contributed by atoms with Gasteiger partial charge in [0, 0.05) is 46.0 Å². The van der Waals surface area contributed by atoms with Crippen LogP contribution in [0.2, 0.25) is 0 Å². The van der Waals surface area contributed by atoms with Gasteiger partial charge >= 0.3 is 0 Å². The molecule has 0 bridgehead atoms. The van der Waals surface area contributed by atoms with E-state index < -0.39 is 0 Å². The maximum Gasteiger partial charge on any atom is 0.117 e. The quantitative estimate of drug-likeness (QED) is 0.812. The van der Waals surface area contributed by atoms with Crippen molar-refractivity contribution in [3.05, 3.63) is 41.9 Å². The first kappa shape index (κ1) is 15.3. The van der Waals surface area contributed by atoms with E-state index in [1.165, 1.54) is 0 Å². The molecule has 2 heterocycles. The molecular formula is C13H16N3OY-. The number of ether oxygens (including phenoxy) is 1. The van der Waals surface area contributed by atoms with Crippen LogP contribution in [-0.2, 0) is 46.4 Å². The first-order chi connectivity index (χ1) is 8.15. The van der Waals surface area contributed by atoms with Gasteiger partial charge in [-0.2, -0.15) is 11.2 Å². The zero-order chi connectivity index (χ0) is 12.3. The van der Waals surface area contributed by atoms with Crippen molar-refractivity contribution < 1.29 is 37.4 Å². The van der Waals surface area contributed by atoms with Gasteiger partial charge in [0.05, 0.1) is 11.6 Å². The SMILES string of the molecule is CC(C)c1[c-]cc(OCc2ccn(C)n2)nc1.[Y]. The average molecular weight is 319 g/mol. The largest absolute Gasteiger partial charge is 0.528 e. The number of hydrogen-bond acceptors (Lipinski definition) is 3. The van der Waals surface area contributed by atoms with Crippen molar-refractivity contribution in [1.29, 1.82) is 0 Å². The van der Waals surface area contributed by atoms with E-state index in [1.54, 1.807) is 16.9 Å². The van der Waals surface area contributed by atoms with Crippen LogP contribution in [0.1, 0.15) is 31.0 Å². The number of aryl methyl sites for hydroxylation is 1. The molecule has 4 nitrogen and oxygen atoms in total. The first-order valence-corrected chi connectivity index (χ1v) is 5.64. The summed E-state index contributed by atoms with van der Waals surface area (Å²) in [4.78, 5) is 4.23. The van der Waals surface area contributed by atoms with Gasteiger partial charge in [-0.05, 0) is 12.0 Å². The molecule has 0 amide bonds. The van der Waals surface area contributed by atoms with Crippen molar-refractivity contribution in [2.24, 2.45) is 7.05 Å². The van der Waals surface area contributed by atoms with Crippen LogP contribution in [0.25, 0.3) is 0 Å². The van der Waals surface area contributed by atoms with Crippen LogP contribution in [0.4, 0.5) is 0 Å². The molecule has 0 N–H and O–H groups in total. The molecule has 5 heteroatoms. The summed E-state index contributed by atoms with van der Waals surface area (Å²) < 4.78 is 7.27. The van der Waals surface area contributed by atoms with E-state index in [-0.39, 0.29) is 32.7 Å². The van der Waals surface area contributed by atoms with Gasteiger partial charge < -0.3 is 9.72 Å². The van der Waals surface area contributed by atoms with Gasteiger partial charge in [0.25, 0.3) is 0 Å². The zero-order valence-corrected chi connectivity index (χ0v) is 13.8. The summed E-state index contributed by atoms with van der Waals surface area (Å²) in [5.74, 6) is 1.02. The van der Waals surface area contributed by atoms with Gasteiger partial charge in [-0.25, -0.2) is 0 Å². The molecule has 0 aliphatic carbocycles. The second-order valence-corrected chi connectivity index (χ2v) is 4.26. The Morgan fingerprint density at radius 2 is 2.22 bits per heavy atom. The summed E-state index contributed by atoms with van der Waals surface area (Å²) in [5, 5.41) is 4.23. The monoisotopic (exact) mass is 319 g/mol. The topological polar surface area (TPSA) is 39.9 Å². The molecule has 2 rings (SSSR count). The number of pyridine rings is 1. The molecule has 0 aliphatic heterocycles. The third kappa shape index (κ3) is 4.18. The molecule has 18 heavy (non-hydrogen) atoms. The Morgan fingerprint density at radius 1 is 1.44 bits per heavy atom. The summed E-state index contributed by atoms with van der Waals surface area (Å²) in [7, 11) is 1.88. The Labute approximate surface area is 133 Å². The van der Waals surface area contributed by atoms with Crippen molar-refractivity contribution in [2.45, 2.75) is 26.4 Å². The molecule has 1 radical (unpaired) electrons. The summed E-state index contributed by atoms with van der Waals surface area (Å²) in [5.41, 5.74) is 1.98. The van der Waals surface area contributed by atoms with Crippen LogP contribution >= 0.6 is 0 Å². The van der Waals surface area contributed by atoms with Crippen LogP contribution in [-0.4, -0.2) is 14.8 Å². The molecule has 0 spiro atoms. The fourth-order valence-electron chi connectivity index (χ4n) is 1.44. The second-order valence-electron chi connectivity index (χ2n) is 4.26. The maximum atomic E-state index is 5.52. The van der Waals surface area contributed by atoms with E-state index in [9.17, 15) is 0 Å². The van der Waals surface area contributed by atoms with Crippen molar-refractivity contribution in [3.63, 3.8) is 0 Å². The molecule has 0 unspecified atom stereocenters. The number of hydrogen-bond donors (Lipinski definition) is 0. The molecule has 93 valence electrons. The third-order valence-corrected chi connectivity index (χ3v) is 2.45. The molecular weight excluding hydrogens is 303 g/mol. The fraction of sp³-hybridized carbons (Fsp3) is 0.385. The van der Waals surface area contributed by atoms with Gasteiger partial charge in [-0.15, -0.1) is 11.6 Å². The average Bonchev–Trinajstić information content (AvgIpc) is 2.73. The second kappa shape index (κ2) is 7.00. The van der Waals surface area contributed by atoms with Gasteiger partial charge in [-0.1, -0.05) is 20.0 Å². The molecule has 0 atom stereocenters. The van der Waals surface area contributed by atoms with Gasteiger partial charge in [0.15, 0.2) is 0 Å². The van der Waals surface area contributed by atoms with E-state index in [4.69, 9.17) is 4.74 Å². The minimum absolute atomic E-state index is 0. The first-order valence-electron chi connectivity index (χ1n) is 5.64. The Hall–Kier alpha value is -0.736. The van der Waals surface area contributed by atoms with Gasteiger partial charge in [0.1, 0.15) is 6.61 Å². The number of nitrogens with zero attached hydrogens (tertiary/aromatic N) is 3.